The van der Waals surface area contributed by atoms with Gasteiger partial charge in [0.25, 0.3) is 11.8 Å². The number of para-hydroxylation sites is 2. The molecule has 0 unspecified atom stereocenters. The van der Waals surface area contributed by atoms with Crippen molar-refractivity contribution in [3.05, 3.63) is 141 Å². The zero-order valence-corrected chi connectivity index (χ0v) is 33.0. The number of carbonyl (C=O) groups is 2. The molecule has 0 saturated carbocycles. The third kappa shape index (κ3) is 10.1. The maximum Gasteiger partial charge on any atom is 0.261 e. The van der Waals surface area contributed by atoms with Crippen LogP contribution >= 0.6 is 22.7 Å². The molecule has 0 aliphatic carbocycles. The van der Waals surface area contributed by atoms with Gasteiger partial charge in [-0.3, -0.25) is 9.59 Å². The van der Waals surface area contributed by atoms with Crippen molar-refractivity contribution >= 4 is 34.5 Å². The summed E-state index contributed by atoms with van der Waals surface area (Å²) in [6.07, 6.45) is 5.54. The lowest BCUT2D eigenvalue weighted by atomic mass is 10.0. The minimum absolute atomic E-state index is 0.0259. The van der Waals surface area contributed by atoms with Gasteiger partial charge >= 0.3 is 0 Å². The molecule has 0 spiro atoms. The molecule has 8 rings (SSSR count). The van der Waals surface area contributed by atoms with E-state index < -0.39 is 23.3 Å². The zero-order chi connectivity index (χ0) is 40.4. The number of benzene rings is 4. The van der Waals surface area contributed by atoms with E-state index in [2.05, 4.69) is 9.97 Å². The van der Waals surface area contributed by atoms with Gasteiger partial charge in [0.1, 0.15) is 21.5 Å². The summed E-state index contributed by atoms with van der Waals surface area (Å²) in [5.41, 5.74) is 2.21. The van der Waals surface area contributed by atoms with Crippen molar-refractivity contribution in [3.63, 3.8) is 0 Å². The molecule has 2 amide bonds. The second-order valence-corrected chi connectivity index (χ2v) is 15.6. The fraction of sp³-hybridized carbons (Fsp3) is 0.273. The molecule has 2 atom stereocenters. The zero-order valence-electron chi connectivity index (χ0n) is 31.4. The molecule has 2 aliphatic heterocycles. The van der Waals surface area contributed by atoms with Crippen LogP contribution in [0.1, 0.15) is 60.6 Å². The standard InChI is InChI=1S/2C22H20F2N2O2S/c2*23-17-10-9-15(12-18(17)24)19-14-29-22(25-19)20-8-4-5-11-26(20)21(27)13-28-16-6-2-1-3-7-16/h2*1-3,6-7,9-10,12,14,20H,4-5,8,11,13H2/t2*20-/m11/s1. The van der Waals surface area contributed by atoms with Gasteiger partial charge in [-0.05, 0) is 99.2 Å². The van der Waals surface area contributed by atoms with Gasteiger partial charge in [-0.25, -0.2) is 27.5 Å². The van der Waals surface area contributed by atoms with Gasteiger partial charge < -0.3 is 19.3 Å². The van der Waals surface area contributed by atoms with E-state index in [-0.39, 0.29) is 37.1 Å². The van der Waals surface area contributed by atoms with Gasteiger partial charge in [0.05, 0.1) is 23.5 Å². The molecule has 4 aromatic carbocycles. The van der Waals surface area contributed by atoms with E-state index in [1.54, 1.807) is 0 Å². The van der Waals surface area contributed by atoms with E-state index in [1.165, 1.54) is 34.8 Å². The summed E-state index contributed by atoms with van der Waals surface area (Å²) in [6.45, 7) is 1.26. The summed E-state index contributed by atoms with van der Waals surface area (Å²) in [5, 5.41) is 5.24. The molecule has 0 bridgehead atoms. The SMILES string of the molecule is O=C(COc1ccccc1)N1CCCC[C@@H]1c1nc(-c2ccc(F)c(F)c2)cs1.O=C(COc1ccccc1)N1CCCC[C@@H]1c1nc(-c2ccc(F)c(F)c2)cs1. The Balaban J connectivity index is 0.000000177. The minimum Gasteiger partial charge on any atom is -0.484 e. The predicted molar refractivity (Wildman–Crippen MR) is 215 cm³/mol. The summed E-state index contributed by atoms with van der Waals surface area (Å²) in [5.74, 6) is -2.41. The van der Waals surface area contributed by atoms with Crippen LogP contribution in [-0.4, -0.2) is 57.9 Å². The molecule has 6 aromatic rings. The number of aromatic nitrogens is 2. The number of hydrogen-bond acceptors (Lipinski definition) is 8. The lowest BCUT2D eigenvalue weighted by Crippen LogP contribution is -2.41. The second-order valence-electron chi connectivity index (χ2n) is 13.8. The van der Waals surface area contributed by atoms with Crippen LogP contribution in [-0.2, 0) is 9.59 Å². The first-order valence-corrected chi connectivity index (χ1v) is 20.8. The van der Waals surface area contributed by atoms with Gasteiger partial charge in [0.15, 0.2) is 36.5 Å². The summed E-state index contributed by atoms with van der Waals surface area (Å²) in [7, 11) is 0. The van der Waals surface area contributed by atoms with Crippen LogP contribution in [0.5, 0.6) is 11.5 Å². The second kappa shape index (κ2) is 19.2. The smallest absolute Gasteiger partial charge is 0.261 e. The summed E-state index contributed by atoms with van der Waals surface area (Å²) in [6, 6.07) is 25.7. The van der Waals surface area contributed by atoms with Crippen molar-refractivity contribution in [2.75, 3.05) is 26.3 Å². The quantitative estimate of drug-likeness (QED) is 0.128. The molecule has 58 heavy (non-hydrogen) atoms. The van der Waals surface area contributed by atoms with Crippen LogP contribution < -0.4 is 9.47 Å². The third-order valence-electron chi connectivity index (χ3n) is 9.90. The topological polar surface area (TPSA) is 84.9 Å². The van der Waals surface area contributed by atoms with Crippen molar-refractivity contribution < 1.29 is 36.6 Å². The number of nitrogens with zero attached hydrogens (tertiary/aromatic N) is 4. The Hall–Kier alpha value is -5.60. The van der Waals surface area contributed by atoms with E-state index in [0.29, 0.717) is 47.1 Å². The normalized spacial score (nSPS) is 16.6. The van der Waals surface area contributed by atoms with Gasteiger partial charge in [0.2, 0.25) is 0 Å². The van der Waals surface area contributed by atoms with Gasteiger partial charge in [0, 0.05) is 35.0 Å². The van der Waals surface area contributed by atoms with Crippen LogP contribution in [0.15, 0.2) is 108 Å². The number of carbonyl (C=O) groups excluding carboxylic acids is 2. The molecule has 2 saturated heterocycles. The average Bonchev–Trinajstić information content (AvgIpc) is 3.97. The molecule has 0 radical (unpaired) electrons. The number of thiazole rings is 2. The third-order valence-corrected chi connectivity index (χ3v) is 11.8. The molecular formula is C44H40F4N4O4S2. The highest BCUT2D eigenvalue weighted by Crippen LogP contribution is 2.37. The molecule has 14 heteroatoms. The van der Waals surface area contributed by atoms with Crippen molar-refractivity contribution in [2.24, 2.45) is 0 Å². The summed E-state index contributed by atoms with van der Waals surface area (Å²) < 4.78 is 64.7. The first-order chi connectivity index (χ1) is 28.2. The number of piperidine rings is 2. The first kappa shape index (κ1) is 40.6. The van der Waals surface area contributed by atoms with Gasteiger partial charge in [-0.2, -0.15) is 0 Å². The predicted octanol–water partition coefficient (Wildman–Crippen LogP) is 10.4. The number of halogens is 4. The maximum absolute atomic E-state index is 13.6. The molecule has 2 aromatic heterocycles. The lowest BCUT2D eigenvalue weighted by molar-refractivity contribution is -0.138. The minimum atomic E-state index is -0.899. The Morgan fingerprint density at radius 3 is 1.38 bits per heavy atom. The number of hydrogen-bond donors (Lipinski definition) is 0. The van der Waals surface area contributed by atoms with Crippen molar-refractivity contribution in [1.29, 1.82) is 0 Å². The van der Waals surface area contributed by atoms with Crippen LogP contribution in [0.2, 0.25) is 0 Å². The van der Waals surface area contributed by atoms with E-state index >= 15 is 0 Å². The molecular weight excluding hydrogens is 789 g/mol. The van der Waals surface area contributed by atoms with Crippen LogP contribution in [0, 0.1) is 23.3 Å². The van der Waals surface area contributed by atoms with E-state index in [0.717, 1.165) is 72.8 Å². The lowest BCUT2D eigenvalue weighted by Gasteiger charge is -2.34. The average molecular weight is 829 g/mol. The molecule has 4 heterocycles. The molecule has 300 valence electrons. The summed E-state index contributed by atoms with van der Waals surface area (Å²) in [4.78, 5) is 38.5. The largest absolute Gasteiger partial charge is 0.484 e. The number of ether oxygens (including phenoxy) is 2. The molecule has 2 fully saturated rings. The maximum atomic E-state index is 13.6. The Morgan fingerprint density at radius 2 is 0.983 bits per heavy atom. The number of amides is 2. The monoisotopic (exact) mass is 828 g/mol. The van der Waals surface area contributed by atoms with E-state index in [4.69, 9.17) is 9.47 Å². The van der Waals surface area contributed by atoms with Crippen LogP contribution in [0.25, 0.3) is 22.5 Å². The Labute approximate surface area is 341 Å². The van der Waals surface area contributed by atoms with E-state index in [1.807, 2.05) is 81.2 Å². The van der Waals surface area contributed by atoms with Crippen LogP contribution in [0.3, 0.4) is 0 Å². The van der Waals surface area contributed by atoms with Crippen molar-refractivity contribution in [3.8, 4) is 34.0 Å². The number of likely N-dealkylation sites (tertiary alicyclic amines) is 2. The Bertz CT molecular complexity index is 2150. The highest BCUT2D eigenvalue weighted by Gasteiger charge is 2.32. The summed E-state index contributed by atoms with van der Waals surface area (Å²) >= 11 is 2.87. The molecule has 0 N–H and O–H groups in total. The fourth-order valence-corrected chi connectivity index (χ4v) is 8.87. The highest BCUT2D eigenvalue weighted by molar-refractivity contribution is 7.10. The molecule has 8 nitrogen and oxygen atoms in total. The highest BCUT2D eigenvalue weighted by atomic mass is 32.1. The Kier molecular flexibility index (Phi) is 13.5. The van der Waals surface area contributed by atoms with Crippen molar-refractivity contribution in [1.82, 2.24) is 19.8 Å². The Morgan fingerprint density at radius 1 is 0.569 bits per heavy atom. The van der Waals surface area contributed by atoms with Crippen LogP contribution in [0.4, 0.5) is 17.6 Å². The van der Waals surface area contributed by atoms with Gasteiger partial charge in [-0.1, -0.05) is 36.4 Å². The van der Waals surface area contributed by atoms with Gasteiger partial charge in [-0.15, -0.1) is 22.7 Å². The first-order valence-electron chi connectivity index (χ1n) is 19.0. The van der Waals surface area contributed by atoms with Crippen molar-refractivity contribution in [2.45, 2.75) is 50.6 Å². The number of rotatable bonds is 10. The van der Waals surface area contributed by atoms with E-state index in [9.17, 15) is 27.2 Å². The fourth-order valence-electron chi connectivity index (χ4n) is 6.92. The molecule has 2 aliphatic rings.